The summed E-state index contributed by atoms with van der Waals surface area (Å²) in [6, 6.07) is 12.0. The molecule has 0 aliphatic heterocycles. The van der Waals surface area contributed by atoms with Crippen molar-refractivity contribution >= 4 is 33.7 Å². The smallest absolute Gasteiger partial charge is 0.281 e. The van der Waals surface area contributed by atoms with Gasteiger partial charge in [-0.2, -0.15) is 5.10 Å². The average molecular weight is 460 g/mol. The predicted octanol–water partition coefficient (Wildman–Crippen LogP) is 4.10. The second kappa shape index (κ2) is 8.57. The quantitative estimate of drug-likeness (QED) is 0.324. The van der Waals surface area contributed by atoms with Crippen LogP contribution in [0, 0.1) is 10.1 Å². The van der Waals surface area contributed by atoms with Crippen molar-refractivity contribution in [2.45, 2.75) is 0 Å². The highest BCUT2D eigenvalue weighted by Crippen LogP contribution is 2.33. The molecule has 2 aromatic carbocycles. The molecule has 148 valence electrons. The molecule has 9 nitrogen and oxygen atoms in total. The van der Waals surface area contributed by atoms with E-state index in [4.69, 9.17) is 9.15 Å². The lowest BCUT2D eigenvalue weighted by molar-refractivity contribution is -0.384. The van der Waals surface area contributed by atoms with Gasteiger partial charge in [0.05, 0.1) is 29.4 Å². The van der Waals surface area contributed by atoms with Crippen LogP contribution >= 0.6 is 15.9 Å². The molecule has 3 aromatic rings. The van der Waals surface area contributed by atoms with Crippen molar-refractivity contribution < 1.29 is 24.0 Å². The van der Waals surface area contributed by atoms with Crippen LogP contribution in [-0.2, 0) is 0 Å². The van der Waals surface area contributed by atoms with Gasteiger partial charge in [-0.3, -0.25) is 14.9 Å². The van der Waals surface area contributed by atoms with Crippen LogP contribution in [0.4, 0.5) is 5.69 Å². The lowest BCUT2D eigenvalue weighted by Gasteiger charge is -2.05. The lowest BCUT2D eigenvalue weighted by Crippen LogP contribution is -2.17. The maximum absolute atomic E-state index is 12.1. The van der Waals surface area contributed by atoms with E-state index in [-0.39, 0.29) is 28.5 Å². The molecule has 0 aliphatic carbocycles. The SMILES string of the molecule is COc1ccc(C(=O)N/N=C\c2ccc(-c3ccc(Br)cc3[N+](=O)[O-])o2)c(O)c1. The first kappa shape index (κ1) is 20.1. The van der Waals surface area contributed by atoms with Crippen LogP contribution in [0.15, 0.2) is 62.5 Å². The molecule has 0 aliphatic rings. The van der Waals surface area contributed by atoms with Gasteiger partial charge in [-0.25, -0.2) is 5.43 Å². The number of ether oxygens (including phenoxy) is 1. The molecule has 10 heteroatoms. The summed E-state index contributed by atoms with van der Waals surface area (Å²) in [4.78, 5) is 22.8. The van der Waals surface area contributed by atoms with Crippen molar-refractivity contribution in [3.05, 3.63) is 74.4 Å². The third kappa shape index (κ3) is 4.61. The second-order valence-electron chi connectivity index (χ2n) is 5.70. The number of nitro benzene ring substituents is 1. The number of hydrogen-bond acceptors (Lipinski definition) is 7. The summed E-state index contributed by atoms with van der Waals surface area (Å²) in [5.74, 6) is 0.0885. The summed E-state index contributed by atoms with van der Waals surface area (Å²) < 4.78 is 11.1. The molecule has 0 saturated heterocycles. The number of carbonyl (C=O) groups is 1. The Morgan fingerprint density at radius 2 is 2.07 bits per heavy atom. The number of methoxy groups -OCH3 is 1. The van der Waals surface area contributed by atoms with E-state index in [1.165, 1.54) is 37.6 Å². The Hall–Kier alpha value is -3.66. The fourth-order valence-corrected chi connectivity index (χ4v) is 2.83. The van der Waals surface area contributed by atoms with Crippen molar-refractivity contribution in [1.82, 2.24) is 5.43 Å². The number of phenols is 1. The van der Waals surface area contributed by atoms with Crippen LogP contribution in [0.5, 0.6) is 11.5 Å². The summed E-state index contributed by atoms with van der Waals surface area (Å²) >= 11 is 3.20. The first-order valence-corrected chi connectivity index (χ1v) is 8.93. The number of aromatic hydroxyl groups is 1. The largest absolute Gasteiger partial charge is 0.507 e. The summed E-state index contributed by atoms with van der Waals surface area (Å²) in [6.45, 7) is 0. The van der Waals surface area contributed by atoms with Crippen molar-refractivity contribution in [2.24, 2.45) is 5.10 Å². The van der Waals surface area contributed by atoms with Gasteiger partial charge in [0.1, 0.15) is 23.0 Å². The molecule has 0 spiro atoms. The molecule has 0 radical (unpaired) electrons. The van der Waals surface area contributed by atoms with Gasteiger partial charge in [0.15, 0.2) is 0 Å². The highest BCUT2D eigenvalue weighted by atomic mass is 79.9. The average Bonchev–Trinajstić information content (AvgIpc) is 3.16. The van der Waals surface area contributed by atoms with Gasteiger partial charge in [0.25, 0.3) is 11.6 Å². The summed E-state index contributed by atoms with van der Waals surface area (Å²) in [5.41, 5.74) is 2.49. The summed E-state index contributed by atoms with van der Waals surface area (Å²) in [6.07, 6.45) is 1.24. The summed E-state index contributed by atoms with van der Waals surface area (Å²) in [5, 5.41) is 24.9. The minimum Gasteiger partial charge on any atom is -0.507 e. The molecule has 1 amide bonds. The van der Waals surface area contributed by atoms with Gasteiger partial charge in [0.2, 0.25) is 0 Å². The van der Waals surface area contributed by atoms with Crippen LogP contribution in [-0.4, -0.2) is 29.3 Å². The van der Waals surface area contributed by atoms with Crippen molar-refractivity contribution in [2.75, 3.05) is 7.11 Å². The Labute approximate surface area is 172 Å². The molecule has 1 heterocycles. The molecular weight excluding hydrogens is 446 g/mol. The van der Waals surface area contributed by atoms with Gasteiger partial charge in [0, 0.05) is 16.6 Å². The van der Waals surface area contributed by atoms with E-state index in [0.717, 1.165) is 0 Å². The van der Waals surface area contributed by atoms with E-state index in [1.807, 2.05) is 0 Å². The first-order chi connectivity index (χ1) is 13.9. The van der Waals surface area contributed by atoms with E-state index < -0.39 is 10.8 Å². The fourth-order valence-electron chi connectivity index (χ4n) is 2.48. The number of hydrogen-bond donors (Lipinski definition) is 2. The molecule has 0 bridgehead atoms. The first-order valence-electron chi connectivity index (χ1n) is 8.13. The number of nitrogens with one attached hydrogen (secondary N) is 1. The normalized spacial score (nSPS) is 10.8. The Balaban J connectivity index is 1.73. The molecule has 0 saturated carbocycles. The third-order valence-electron chi connectivity index (χ3n) is 3.86. The zero-order chi connectivity index (χ0) is 21.0. The maximum Gasteiger partial charge on any atom is 0.281 e. The number of hydrazone groups is 1. The van der Waals surface area contributed by atoms with Gasteiger partial charge in [-0.05, 0) is 36.4 Å². The number of phenolic OH excluding ortho intramolecular Hbond substituents is 1. The zero-order valence-corrected chi connectivity index (χ0v) is 16.5. The van der Waals surface area contributed by atoms with Crippen molar-refractivity contribution in [1.29, 1.82) is 0 Å². The molecule has 1 aromatic heterocycles. The number of benzene rings is 2. The zero-order valence-electron chi connectivity index (χ0n) is 15.0. The van der Waals surface area contributed by atoms with Crippen LogP contribution in [0.1, 0.15) is 16.1 Å². The number of halogens is 1. The number of amides is 1. The van der Waals surface area contributed by atoms with Crippen molar-refractivity contribution in [3.63, 3.8) is 0 Å². The van der Waals surface area contributed by atoms with Crippen LogP contribution in [0.25, 0.3) is 11.3 Å². The standard InChI is InChI=1S/C19H14BrN3O6/c1-28-12-3-6-15(17(24)9-12)19(25)22-21-10-13-4-7-18(29-13)14-5-2-11(20)8-16(14)23(26)27/h2-10,24H,1H3,(H,22,25)/b21-10-. The molecule has 29 heavy (non-hydrogen) atoms. The molecular formula is C19H14BrN3O6. The van der Waals surface area contributed by atoms with Gasteiger partial charge in [-0.1, -0.05) is 15.9 Å². The van der Waals surface area contributed by atoms with E-state index >= 15 is 0 Å². The molecule has 0 atom stereocenters. The van der Waals surface area contributed by atoms with Crippen LogP contribution in [0.3, 0.4) is 0 Å². The minimum atomic E-state index is -0.628. The van der Waals surface area contributed by atoms with E-state index in [0.29, 0.717) is 15.8 Å². The van der Waals surface area contributed by atoms with E-state index in [9.17, 15) is 20.0 Å². The van der Waals surface area contributed by atoms with Gasteiger partial charge in [-0.15, -0.1) is 0 Å². The summed E-state index contributed by atoms with van der Waals surface area (Å²) in [7, 11) is 1.44. The number of nitrogens with zero attached hydrogens (tertiary/aromatic N) is 2. The molecule has 3 rings (SSSR count). The topological polar surface area (TPSA) is 127 Å². The number of nitro groups is 1. The number of carbonyl (C=O) groups excluding carboxylic acids is 1. The molecule has 0 unspecified atom stereocenters. The lowest BCUT2D eigenvalue weighted by atomic mass is 10.1. The van der Waals surface area contributed by atoms with Crippen molar-refractivity contribution in [3.8, 4) is 22.8 Å². The molecule has 0 fully saturated rings. The van der Waals surface area contributed by atoms with Gasteiger partial charge >= 0.3 is 0 Å². The molecule has 2 N–H and O–H groups in total. The predicted molar refractivity (Wildman–Crippen MR) is 108 cm³/mol. The van der Waals surface area contributed by atoms with E-state index in [1.54, 1.807) is 24.3 Å². The Morgan fingerprint density at radius 1 is 1.28 bits per heavy atom. The van der Waals surface area contributed by atoms with Crippen LogP contribution in [0.2, 0.25) is 0 Å². The van der Waals surface area contributed by atoms with Crippen LogP contribution < -0.4 is 10.2 Å². The second-order valence-corrected chi connectivity index (χ2v) is 6.62. The fraction of sp³-hybridized carbons (Fsp3) is 0.0526. The maximum atomic E-state index is 12.1. The van der Waals surface area contributed by atoms with E-state index in [2.05, 4.69) is 26.5 Å². The highest BCUT2D eigenvalue weighted by molar-refractivity contribution is 9.10. The Bertz CT molecular complexity index is 1110. The monoisotopic (exact) mass is 459 g/mol. The van der Waals surface area contributed by atoms with Gasteiger partial charge < -0.3 is 14.3 Å². The Kier molecular flexibility index (Phi) is 5.93. The highest BCUT2D eigenvalue weighted by Gasteiger charge is 2.18. The Morgan fingerprint density at radius 3 is 2.76 bits per heavy atom. The minimum absolute atomic E-state index is 0.0218. The number of rotatable bonds is 6. The number of furan rings is 1. The third-order valence-corrected chi connectivity index (χ3v) is 4.35.